The molecule has 2 amide bonds. The second-order valence-electron chi connectivity index (χ2n) is 8.39. The van der Waals surface area contributed by atoms with E-state index < -0.39 is 11.7 Å². The standard InChI is InChI=1S/C28H21F2N5O2/c29-20-8-5-17(6-9-20)26-33-23-12-7-19(13-25(23)34-26)27(36)32-15-16-1-3-18(4-2-16)28(37)35-24-14-21(30)10-11-22(24)31/h1-14H,15,31H2,(H,32,36)(H,33,34)(H,35,37). The number of hydrogen-bond acceptors (Lipinski definition) is 4. The zero-order valence-corrected chi connectivity index (χ0v) is 19.4. The number of H-pyrrole nitrogens is 1. The number of carbonyl (C=O) groups excluding carboxylic acids is 2. The van der Waals surface area contributed by atoms with Crippen molar-refractivity contribution in [2.24, 2.45) is 0 Å². The van der Waals surface area contributed by atoms with Gasteiger partial charge in [0.2, 0.25) is 0 Å². The third-order valence-electron chi connectivity index (χ3n) is 5.79. The first-order valence-electron chi connectivity index (χ1n) is 11.3. The van der Waals surface area contributed by atoms with Gasteiger partial charge in [-0.3, -0.25) is 9.59 Å². The average Bonchev–Trinajstić information content (AvgIpc) is 3.33. The van der Waals surface area contributed by atoms with Crippen molar-refractivity contribution in [2.45, 2.75) is 6.54 Å². The Balaban J connectivity index is 1.22. The number of halogens is 2. The molecule has 0 saturated carbocycles. The van der Waals surface area contributed by atoms with E-state index in [2.05, 4.69) is 20.6 Å². The molecule has 5 rings (SSSR count). The highest BCUT2D eigenvalue weighted by molar-refractivity contribution is 6.05. The topological polar surface area (TPSA) is 113 Å². The molecule has 0 aliphatic carbocycles. The number of nitrogens with zero attached hydrogens (tertiary/aromatic N) is 1. The maximum absolute atomic E-state index is 13.4. The molecule has 0 bridgehead atoms. The summed E-state index contributed by atoms with van der Waals surface area (Å²) in [6.45, 7) is 0.249. The maximum Gasteiger partial charge on any atom is 0.255 e. The van der Waals surface area contributed by atoms with Crippen LogP contribution in [0.2, 0.25) is 0 Å². The lowest BCUT2D eigenvalue weighted by atomic mass is 10.1. The summed E-state index contributed by atoms with van der Waals surface area (Å²) in [4.78, 5) is 32.8. The number of benzene rings is 4. The molecule has 1 heterocycles. The van der Waals surface area contributed by atoms with Crippen molar-refractivity contribution in [1.82, 2.24) is 15.3 Å². The molecule has 0 aliphatic rings. The van der Waals surface area contributed by atoms with Gasteiger partial charge in [-0.1, -0.05) is 12.1 Å². The van der Waals surface area contributed by atoms with Crippen LogP contribution in [-0.4, -0.2) is 21.8 Å². The first-order valence-corrected chi connectivity index (χ1v) is 11.3. The molecule has 1 aromatic heterocycles. The molecule has 4 aromatic carbocycles. The van der Waals surface area contributed by atoms with Crippen LogP contribution in [0.25, 0.3) is 22.4 Å². The number of hydrogen-bond donors (Lipinski definition) is 4. The predicted molar refractivity (Wildman–Crippen MR) is 138 cm³/mol. The van der Waals surface area contributed by atoms with Crippen molar-refractivity contribution in [1.29, 1.82) is 0 Å². The third kappa shape index (κ3) is 5.30. The quantitative estimate of drug-likeness (QED) is 0.239. The highest BCUT2D eigenvalue weighted by atomic mass is 19.1. The number of nitrogens with two attached hydrogens (primary N) is 1. The van der Waals surface area contributed by atoms with Crippen LogP contribution in [0.4, 0.5) is 20.2 Å². The number of amides is 2. The molecular weight excluding hydrogens is 476 g/mol. The summed E-state index contributed by atoms with van der Waals surface area (Å²) in [6.07, 6.45) is 0. The fourth-order valence-electron chi connectivity index (χ4n) is 3.78. The lowest BCUT2D eigenvalue weighted by molar-refractivity contribution is 0.0950. The molecule has 0 unspecified atom stereocenters. The fraction of sp³-hybridized carbons (Fsp3) is 0.0357. The van der Waals surface area contributed by atoms with Crippen molar-refractivity contribution in [2.75, 3.05) is 11.1 Å². The van der Waals surface area contributed by atoms with Crippen LogP contribution in [-0.2, 0) is 6.54 Å². The van der Waals surface area contributed by atoms with E-state index >= 15 is 0 Å². The Kier molecular flexibility index (Phi) is 6.34. The highest BCUT2D eigenvalue weighted by Gasteiger charge is 2.12. The Morgan fingerprint density at radius 3 is 2.27 bits per heavy atom. The number of anilines is 2. The summed E-state index contributed by atoms with van der Waals surface area (Å²) in [7, 11) is 0. The summed E-state index contributed by atoms with van der Waals surface area (Å²) in [5.74, 6) is -0.956. The van der Waals surface area contributed by atoms with Crippen LogP contribution < -0.4 is 16.4 Å². The Morgan fingerprint density at radius 2 is 1.51 bits per heavy atom. The number of nitrogen functional groups attached to an aromatic ring is 1. The second kappa shape index (κ2) is 9.90. The number of fused-ring (bicyclic) bond motifs is 1. The summed E-state index contributed by atoms with van der Waals surface area (Å²) in [6, 6.07) is 21.5. The molecule has 5 N–H and O–H groups in total. The minimum absolute atomic E-state index is 0.195. The van der Waals surface area contributed by atoms with Gasteiger partial charge in [0.05, 0.1) is 22.4 Å². The van der Waals surface area contributed by atoms with Gasteiger partial charge < -0.3 is 21.4 Å². The highest BCUT2D eigenvalue weighted by Crippen LogP contribution is 2.22. The van der Waals surface area contributed by atoms with Gasteiger partial charge in [0.15, 0.2) is 0 Å². The second-order valence-corrected chi connectivity index (χ2v) is 8.39. The lowest BCUT2D eigenvalue weighted by Crippen LogP contribution is -2.22. The number of aromatic amines is 1. The smallest absolute Gasteiger partial charge is 0.255 e. The summed E-state index contributed by atoms with van der Waals surface area (Å²) in [5, 5.41) is 5.44. The molecule has 0 fully saturated rings. The van der Waals surface area contributed by atoms with Crippen LogP contribution >= 0.6 is 0 Å². The van der Waals surface area contributed by atoms with Gasteiger partial charge in [0.25, 0.3) is 11.8 Å². The van der Waals surface area contributed by atoms with Crippen LogP contribution in [0.5, 0.6) is 0 Å². The molecule has 0 radical (unpaired) electrons. The van der Waals surface area contributed by atoms with Gasteiger partial charge in [0, 0.05) is 23.2 Å². The van der Waals surface area contributed by atoms with Gasteiger partial charge in [0.1, 0.15) is 17.5 Å². The first-order chi connectivity index (χ1) is 17.9. The Bertz CT molecular complexity index is 1610. The molecule has 0 spiro atoms. The molecule has 37 heavy (non-hydrogen) atoms. The first kappa shape index (κ1) is 23.7. The van der Waals surface area contributed by atoms with Crippen molar-refractivity contribution in [3.05, 3.63) is 113 Å². The molecular formula is C28H21F2N5O2. The van der Waals surface area contributed by atoms with Crippen LogP contribution in [0, 0.1) is 11.6 Å². The predicted octanol–water partition coefficient (Wildman–Crippen LogP) is 5.27. The number of carbonyl (C=O) groups is 2. The van der Waals surface area contributed by atoms with Gasteiger partial charge in [-0.2, -0.15) is 0 Å². The van der Waals surface area contributed by atoms with Crippen molar-refractivity contribution in [3.63, 3.8) is 0 Å². The van der Waals surface area contributed by atoms with Crippen LogP contribution in [0.1, 0.15) is 26.3 Å². The summed E-state index contributed by atoms with van der Waals surface area (Å²) < 4.78 is 26.6. The maximum atomic E-state index is 13.4. The van der Waals surface area contributed by atoms with Crippen LogP contribution in [0.3, 0.4) is 0 Å². The summed E-state index contributed by atoms with van der Waals surface area (Å²) in [5.41, 5.74) is 9.94. The van der Waals surface area contributed by atoms with Gasteiger partial charge in [-0.05, 0) is 78.4 Å². The van der Waals surface area contributed by atoms with Crippen molar-refractivity contribution >= 4 is 34.2 Å². The van der Waals surface area contributed by atoms with E-state index in [1.807, 2.05) is 0 Å². The molecule has 0 aliphatic heterocycles. The zero-order valence-electron chi connectivity index (χ0n) is 19.4. The summed E-state index contributed by atoms with van der Waals surface area (Å²) >= 11 is 0. The third-order valence-corrected chi connectivity index (χ3v) is 5.79. The van der Waals surface area contributed by atoms with E-state index in [-0.39, 0.29) is 29.6 Å². The van der Waals surface area contributed by atoms with Gasteiger partial charge in [-0.25, -0.2) is 13.8 Å². The molecule has 7 nitrogen and oxygen atoms in total. The molecule has 5 aromatic rings. The molecule has 0 atom stereocenters. The van der Waals surface area contributed by atoms with E-state index in [9.17, 15) is 18.4 Å². The van der Waals surface area contributed by atoms with Gasteiger partial charge in [-0.15, -0.1) is 0 Å². The Hall–Kier alpha value is -5.05. The number of nitrogens with one attached hydrogen (secondary N) is 3. The fourth-order valence-corrected chi connectivity index (χ4v) is 3.78. The van der Waals surface area contributed by atoms with E-state index in [1.54, 1.807) is 54.6 Å². The van der Waals surface area contributed by atoms with E-state index in [0.717, 1.165) is 17.2 Å². The zero-order chi connectivity index (χ0) is 25.9. The molecule has 9 heteroatoms. The van der Waals surface area contributed by atoms with Gasteiger partial charge >= 0.3 is 0 Å². The largest absolute Gasteiger partial charge is 0.397 e. The average molecular weight is 498 g/mol. The molecule has 184 valence electrons. The Morgan fingerprint density at radius 1 is 0.811 bits per heavy atom. The van der Waals surface area contributed by atoms with Crippen LogP contribution in [0.15, 0.2) is 84.9 Å². The Labute approximate surface area is 210 Å². The number of imidazole rings is 1. The minimum Gasteiger partial charge on any atom is -0.397 e. The van der Waals surface area contributed by atoms with Crippen molar-refractivity contribution in [3.8, 4) is 11.4 Å². The number of aromatic nitrogens is 2. The van der Waals surface area contributed by atoms with E-state index in [0.29, 0.717) is 28.0 Å². The monoisotopic (exact) mass is 497 g/mol. The van der Waals surface area contributed by atoms with E-state index in [4.69, 9.17) is 5.73 Å². The van der Waals surface area contributed by atoms with E-state index in [1.165, 1.54) is 24.3 Å². The minimum atomic E-state index is -0.504. The molecule has 0 saturated heterocycles. The lowest BCUT2D eigenvalue weighted by Gasteiger charge is -2.09. The normalized spacial score (nSPS) is 10.9. The SMILES string of the molecule is Nc1ccc(F)cc1NC(=O)c1ccc(CNC(=O)c2ccc3nc(-c4ccc(F)cc4)[nH]c3c2)cc1. The van der Waals surface area contributed by atoms with Crippen molar-refractivity contribution < 1.29 is 18.4 Å². The number of rotatable bonds is 6.